The van der Waals surface area contributed by atoms with Gasteiger partial charge < -0.3 is 19.9 Å². The van der Waals surface area contributed by atoms with Gasteiger partial charge in [-0.15, -0.1) is 0 Å². The number of pyridine rings is 1. The van der Waals surface area contributed by atoms with Crippen molar-refractivity contribution in [2.24, 2.45) is 5.92 Å². The van der Waals surface area contributed by atoms with E-state index in [0.717, 1.165) is 30.4 Å². The van der Waals surface area contributed by atoms with Crippen LogP contribution in [0.2, 0.25) is 5.02 Å². The Labute approximate surface area is 178 Å². The Morgan fingerprint density at radius 2 is 2.10 bits per heavy atom. The van der Waals surface area contributed by atoms with Crippen LogP contribution in [0.15, 0.2) is 29.2 Å². The molecule has 2 fully saturated rings. The summed E-state index contributed by atoms with van der Waals surface area (Å²) in [5.74, 6) is -1.13. The Hall–Kier alpha value is -2.80. The molecule has 0 radical (unpaired) electrons. The van der Waals surface area contributed by atoms with Crippen molar-refractivity contribution in [3.05, 3.63) is 62.0 Å². The van der Waals surface area contributed by atoms with Gasteiger partial charge in [-0.2, -0.15) is 0 Å². The molecule has 2 aliphatic heterocycles. The Balaban J connectivity index is 1.45. The van der Waals surface area contributed by atoms with Crippen LogP contribution in [-0.2, 0) is 13.1 Å². The van der Waals surface area contributed by atoms with Crippen LogP contribution in [0.5, 0.6) is 5.75 Å². The van der Waals surface area contributed by atoms with E-state index in [9.17, 15) is 19.5 Å². The van der Waals surface area contributed by atoms with E-state index in [4.69, 9.17) is 11.6 Å². The van der Waals surface area contributed by atoms with E-state index in [0.29, 0.717) is 17.5 Å². The largest absolute Gasteiger partial charge is 0.503 e. The maximum absolute atomic E-state index is 13.0. The van der Waals surface area contributed by atoms with Crippen LogP contribution in [-0.4, -0.2) is 38.5 Å². The predicted molar refractivity (Wildman–Crippen MR) is 111 cm³/mol. The summed E-state index contributed by atoms with van der Waals surface area (Å²) in [6.07, 6.45) is 4.44. The van der Waals surface area contributed by atoms with E-state index in [1.165, 1.54) is 6.20 Å². The molecule has 2 aromatic rings. The molecule has 0 spiro atoms. The lowest BCUT2D eigenvalue weighted by molar-refractivity contribution is 0.0482. The Morgan fingerprint density at radius 1 is 1.30 bits per heavy atom. The number of piperidine rings is 1. The van der Waals surface area contributed by atoms with Crippen LogP contribution in [0.4, 0.5) is 0 Å². The third-order valence-electron chi connectivity index (χ3n) is 6.77. The Kier molecular flexibility index (Phi) is 4.39. The number of aromatic hydroxyl groups is 1. The second kappa shape index (κ2) is 6.87. The van der Waals surface area contributed by atoms with Gasteiger partial charge in [0.15, 0.2) is 11.4 Å². The summed E-state index contributed by atoms with van der Waals surface area (Å²) in [6.45, 7) is 2.51. The fourth-order valence-electron chi connectivity index (χ4n) is 5.26. The van der Waals surface area contributed by atoms with E-state index in [1.807, 2.05) is 24.0 Å². The predicted octanol–water partition coefficient (Wildman–Crippen LogP) is 2.45. The number of aromatic nitrogens is 1. The number of nitrogens with one attached hydrogen (secondary N) is 1. The second-order valence-corrected chi connectivity index (χ2v) is 8.84. The molecule has 5 rings (SSSR count). The molecule has 3 aliphatic rings. The highest BCUT2D eigenvalue weighted by Crippen LogP contribution is 2.45. The fourth-order valence-corrected chi connectivity index (χ4v) is 5.46. The lowest BCUT2D eigenvalue weighted by Crippen LogP contribution is -2.52. The number of amides is 2. The van der Waals surface area contributed by atoms with Gasteiger partial charge in [0, 0.05) is 30.4 Å². The summed E-state index contributed by atoms with van der Waals surface area (Å²) < 4.78 is 1.58. The highest BCUT2D eigenvalue weighted by Gasteiger charge is 2.51. The zero-order valence-electron chi connectivity index (χ0n) is 16.5. The van der Waals surface area contributed by atoms with Gasteiger partial charge in [0.25, 0.3) is 11.8 Å². The third-order valence-corrected chi connectivity index (χ3v) is 7.31. The first-order chi connectivity index (χ1) is 14.4. The number of halogens is 1. The highest BCUT2D eigenvalue weighted by atomic mass is 35.5. The van der Waals surface area contributed by atoms with Gasteiger partial charge in [0.1, 0.15) is 5.56 Å². The molecule has 2 N–H and O–H groups in total. The standard InChI is InChI=1S/C22H22ClN3O4/c1-11-3-2-4-13(17(11)23)8-24-21(29)15-9-25-10-16-12-5-6-14(7-12)26(16)22(30)18(25)20(28)19(15)27/h2-4,9,12,14,16,28H,5-8,10H2,1H3,(H,24,29)/t12-,14+,16+/m1/s1. The van der Waals surface area contributed by atoms with Crippen molar-refractivity contribution in [3.63, 3.8) is 0 Å². The SMILES string of the molecule is Cc1cccc(CNC(=O)c2cn3c(c(O)c2=O)C(=O)N2[C@H]4CC[C@H](C4)[C@@H]2C3)c1Cl. The molecule has 2 amide bonds. The molecule has 3 atom stereocenters. The highest BCUT2D eigenvalue weighted by molar-refractivity contribution is 6.32. The molecule has 3 heterocycles. The molecule has 1 aromatic heterocycles. The number of carbonyl (C=O) groups is 2. The quantitative estimate of drug-likeness (QED) is 0.787. The second-order valence-electron chi connectivity index (χ2n) is 8.46. The molecule has 2 bridgehead atoms. The molecular formula is C22H22ClN3O4. The number of nitrogens with zero attached hydrogens (tertiary/aromatic N) is 2. The van der Waals surface area contributed by atoms with Crippen LogP contribution in [0.25, 0.3) is 0 Å². The monoisotopic (exact) mass is 427 g/mol. The minimum atomic E-state index is -0.828. The van der Waals surface area contributed by atoms with Crippen LogP contribution < -0.4 is 10.7 Å². The van der Waals surface area contributed by atoms with Crippen molar-refractivity contribution < 1.29 is 14.7 Å². The van der Waals surface area contributed by atoms with Crippen LogP contribution >= 0.6 is 11.6 Å². The number of aryl methyl sites for hydroxylation is 1. The maximum atomic E-state index is 13.0. The van der Waals surface area contributed by atoms with Crippen LogP contribution in [0.3, 0.4) is 0 Å². The first kappa shape index (κ1) is 19.2. The number of carbonyl (C=O) groups excluding carboxylic acids is 2. The van der Waals surface area contributed by atoms with Crippen molar-refractivity contribution in [3.8, 4) is 5.75 Å². The molecule has 0 unspecified atom stereocenters. The number of rotatable bonds is 3. The lowest BCUT2D eigenvalue weighted by atomic mass is 9.95. The molecule has 8 heteroatoms. The fraction of sp³-hybridized carbons (Fsp3) is 0.409. The van der Waals surface area contributed by atoms with Crippen molar-refractivity contribution in [2.75, 3.05) is 0 Å². The van der Waals surface area contributed by atoms with Gasteiger partial charge in [0.2, 0.25) is 5.43 Å². The van der Waals surface area contributed by atoms with Gasteiger partial charge in [-0.3, -0.25) is 14.4 Å². The van der Waals surface area contributed by atoms with Crippen molar-refractivity contribution in [1.82, 2.24) is 14.8 Å². The zero-order valence-corrected chi connectivity index (χ0v) is 17.3. The van der Waals surface area contributed by atoms with E-state index >= 15 is 0 Å². The summed E-state index contributed by atoms with van der Waals surface area (Å²) in [5, 5.41) is 13.8. The van der Waals surface area contributed by atoms with Crippen LogP contribution in [0, 0.1) is 12.8 Å². The molecular weight excluding hydrogens is 406 g/mol. The Morgan fingerprint density at radius 3 is 2.90 bits per heavy atom. The average molecular weight is 428 g/mol. The molecule has 1 saturated carbocycles. The summed E-state index contributed by atoms with van der Waals surface area (Å²) in [5.41, 5.74) is 0.612. The third kappa shape index (κ3) is 2.75. The molecule has 1 saturated heterocycles. The summed E-state index contributed by atoms with van der Waals surface area (Å²) >= 11 is 6.27. The van der Waals surface area contributed by atoms with E-state index in [2.05, 4.69) is 5.32 Å². The van der Waals surface area contributed by atoms with Gasteiger partial charge in [-0.25, -0.2) is 0 Å². The molecule has 156 valence electrons. The van der Waals surface area contributed by atoms with Gasteiger partial charge in [0.05, 0.1) is 6.04 Å². The van der Waals surface area contributed by atoms with E-state index in [-0.39, 0.29) is 35.8 Å². The van der Waals surface area contributed by atoms with Crippen LogP contribution in [0.1, 0.15) is 51.2 Å². The molecule has 1 aromatic carbocycles. The normalized spacial score (nSPS) is 24.0. The van der Waals surface area contributed by atoms with Crippen molar-refractivity contribution >= 4 is 23.4 Å². The smallest absolute Gasteiger partial charge is 0.275 e. The topological polar surface area (TPSA) is 91.6 Å². The summed E-state index contributed by atoms with van der Waals surface area (Å²) in [6, 6.07) is 5.77. The molecule has 7 nitrogen and oxygen atoms in total. The number of hydrogen-bond acceptors (Lipinski definition) is 4. The number of hydrogen-bond donors (Lipinski definition) is 2. The first-order valence-electron chi connectivity index (χ1n) is 10.2. The Bertz CT molecular complexity index is 1140. The minimum absolute atomic E-state index is 0.0120. The summed E-state index contributed by atoms with van der Waals surface area (Å²) in [7, 11) is 0. The first-order valence-corrected chi connectivity index (χ1v) is 10.6. The van der Waals surface area contributed by atoms with Crippen molar-refractivity contribution in [1.29, 1.82) is 0 Å². The number of benzene rings is 1. The lowest BCUT2D eigenvalue weighted by Gasteiger charge is -2.40. The van der Waals surface area contributed by atoms with Crippen molar-refractivity contribution in [2.45, 2.75) is 51.4 Å². The van der Waals surface area contributed by atoms with Gasteiger partial charge in [-0.1, -0.05) is 29.8 Å². The van der Waals surface area contributed by atoms with Gasteiger partial charge >= 0.3 is 0 Å². The van der Waals surface area contributed by atoms with E-state index < -0.39 is 17.1 Å². The minimum Gasteiger partial charge on any atom is -0.503 e. The summed E-state index contributed by atoms with van der Waals surface area (Å²) in [4.78, 5) is 40.3. The molecule has 1 aliphatic carbocycles. The molecule has 30 heavy (non-hydrogen) atoms. The average Bonchev–Trinajstić information content (AvgIpc) is 3.33. The maximum Gasteiger partial charge on any atom is 0.275 e. The number of fused-ring (bicyclic) bond motifs is 6. The van der Waals surface area contributed by atoms with Gasteiger partial charge in [-0.05, 0) is 43.2 Å². The van der Waals surface area contributed by atoms with E-state index in [1.54, 1.807) is 10.6 Å². The zero-order chi connectivity index (χ0) is 21.2.